The predicted octanol–water partition coefficient (Wildman–Crippen LogP) is 2.89. The molecule has 0 atom stereocenters. The molecule has 1 heteroatoms. The van der Waals surface area contributed by atoms with Gasteiger partial charge in [0, 0.05) is 0 Å². The highest BCUT2D eigenvalue weighted by molar-refractivity contribution is 5.87. The number of nitrogens with zero attached hydrogens (tertiary/aromatic N) is 1. The van der Waals surface area contributed by atoms with Crippen LogP contribution in [0.2, 0.25) is 0 Å². The highest BCUT2D eigenvalue weighted by Crippen LogP contribution is 2.18. The molecule has 0 aliphatic carbocycles. The zero-order valence-corrected chi connectivity index (χ0v) is 7.12. The molecule has 13 heavy (non-hydrogen) atoms. The van der Waals surface area contributed by atoms with Crippen LogP contribution in [0.1, 0.15) is 11.1 Å². The van der Waals surface area contributed by atoms with Crippen LogP contribution in [0.15, 0.2) is 36.4 Å². The predicted molar refractivity (Wildman–Crippen MR) is 53.1 cm³/mol. The molecule has 0 spiro atoms. The lowest BCUT2D eigenvalue weighted by atomic mass is 10.0. The van der Waals surface area contributed by atoms with Gasteiger partial charge in [-0.1, -0.05) is 24.3 Å². The molecule has 0 N–H and O–H groups in total. The lowest BCUT2D eigenvalue weighted by molar-refractivity contribution is 1.49. The fourth-order valence-electron chi connectivity index (χ4n) is 1.42. The smallest absolute Gasteiger partial charge is 0.0991 e. The van der Waals surface area contributed by atoms with E-state index in [1.165, 1.54) is 0 Å². The average molecular weight is 166 g/mol. The SMILES string of the molecule is [CH2]c1cccc2cc(C#N)ccc12. The van der Waals surface area contributed by atoms with E-state index < -0.39 is 0 Å². The summed E-state index contributed by atoms with van der Waals surface area (Å²) in [5.74, 6) is 0. The van der Waals surface area contributed by atoms with Crippen molar-refractivity contribution in [3.8, 4) is 6.07 Å². The van der Waals surface area contributed by atoms with Crippen molar-refractivity contribution in [1.82, 2.24) is 0 Å². The van der Waals surface area contributed by atoms with Crippen LogP contribution in [0.25, 0.3) is 10.8 Å². The maximum absolute atomic E-state index is 8.70. The number of hydrogen-bond donors (Lipinski definition) is 0. The molecule has 0 heterocycles. The Balaban J connectivity index is 2.82. The first kappa shape index (κ1) is 7.82. The van der Waals surface area contributed by atoms with Gasteiger partial charge in [-0.25, -0.2) is 0 Å². The zero-order chi connectivity index (χ0) is 9.26. The third-order valence-corrected chi connectivity index (χ3v) is 2.10. The van der Waals surface area contributed by atoms with Gasteiger partial charge in [0.25, 0.3) is 0 Å². The Morgan fingerprint density at radius 1 is 1.15 bits per heavy atom. The Labute approximate surface area is 77.2 Å². The molecule has 0 fully saturated rings. The molecule has 0 amide bonds. The molecule has 2 rings (SSSR count). The zero-order valence-electron chi connectivity index (χ0n) is 7.12. The maximum Gasteiger partial charge on any atom is 0.0991 e. The first-order valence-electron chi connectivity index (χ1n) is 4.06. The quantitative estimate of drug-likeness (QED) is 0.590. The van der Waals surface area contributed by atoms with E-state index in [9.17, 15) is 0 Å². The van der Waals surface area contributed by atoms with E-state index in [1.54, 1.807) is 0 Å². The minimum Gasteiger partial charge on any atom is -0.192 e. The van der Waals surface area contributed by atoms with Gasteiger partial charge >= 0.3 is 0 Å². The van der Waals surface area contributed by atoms with Crippen molar-refractivity contribution in [2.45, 2.75) is 0 Å². The summed E-state index contributed by atoms with van der Waals surface area (Å²) in [6.07, 6.45) is 0. The van der Waals surface area contributed by atoms with Crippen LogP contribution in [0.5, 0.6) is 0 Å². The van der Waals surface area contributed by atoms with Gasteiger partial charge in [0.1, 0.15) is 0 Å². The fraction of sp³-hybridized carbons (Fsp3) is 0. The molecule has 0 aliphatic heterocycles. The van der Waals surface area contributed by atoms with Gasteiger partial charge in [-0.2, -0.15) is 5.26 Å². The molecule has 61 valence electrons. The summed E-state index contributed by atoms with van der Waals surface area (Å²) < 4.78 is 0. The molecular weight excluding hydrogens is 158 g/mol. The number of fused-ring (bicyclic) bond motifs is 1. The largest absolute Gasteiger partial charge is 0.192 e. The summed E-state index contributed by atoms with van der Waals surface area (Å²) >= 11 is 0. The average Bonchev–Trinajstić information content (AvgIpc) is 2.18. The minimum absolute atomic E-state index is 0.693. The molecular formula is C12H8N. The molecule has 0 saturated carbocycles. The van der Waals surface area contributed by atoms with E-state index in [4.69, 9.17) is 5.26 Å². The van der Waals surface area contributed by atoms with Crippen molar-refractivity contribution in [2.75, 3.05) is 0 Å². The van der Waals surface area contributed by atoms with E-state index in [2.05, 4.69) is 13.0 Å². The van der Waals surface area contributed by atoms with Gasteiger partial charge < -0.3 is 0 Å². The lowest BCUT2D eigenvalue weighted by Gasteiger charge is -2.00. The summed E-state index contributed by atoms with van der Waals surface area (Å²) in [7, 11) is 0. The van der Waals surface area contributed by atoms with Gasteiger partial charge in [-0.3, -0.25) is 0 Å². The number of nitriles is 1. The summed E-state index contributed by atoms with van der Waals surface area (Å²) in [5.41, 5.74) is 1.69. The molecule has 0 aromatic heterocycles. The molecule has 1 nitrogen and oxygen atoms in total. The van der Waals surface area contributed by atoms with E-state index in [0.29, 0.717) is 5.56 Å². The molecule has 1 radical (unpaired) electrons. The third-order valence-electron chi connectivity index (χ3n) is 2.10. The summed E-state index contributed by atoms with van der Waals surface area (Å²) in [6.45, 7) is 3.92. The first-order chi connectivity index (χ1) is 6.31. The van der Waals surface area contributed by atoms with E-state index in [0.717, 1.165) is 16.3 Å². The van der Waals surface area contributed by atoms with Gasteiger partial charge in [0.2, 0.25) is 0 Å². The Morgan fingerprint density at radius 2 is 2.00 bits per heavy atom. The lowest BCUT2D eigenvalue weighted by Crippen LogP contribution is -1.79. The topological polar surface area (TPSA) is 23.8 Å². The molecule has 0 bridgehead atoms. The second kappa shape index (κ2) is 2.91. The van der Waals surface area contributed by atoms with Crippen LogP contribution in [0.3, 0.4) is 0 Å². The monoisotopic (exact) mass is 166 g/mol. The Hall–Kier alpha value is -1.81. The van der Waals surface area contributed by atoms with Crippen LogP contribution in [0, 0.1) is 18.3 Å². The summed E-state index contributed by atoms with van der Waals surface area (Å²) in [5, 5.41) is 10.9. The normalized spacial score (nSPS) is 9.85. The molecule has 2 aromatic carbocycles. The Kier molecular flexibility index (Phi) is 1.75. The second-order valence-electron chi connectivity index (χ2n) is 2.96. The van der Waals surface area contributed by atoms with E-state index >= 15 is 0 Å². The highest BCUT2D eigenvalue weighted by Gasteiger charge is 1.97. The van der Waals surface area contributed by atoms with Crippen LogP contribution in [0.4, 0.5) is 0 Å². The van der Waals surface area contributed by atoms with Crippen LogP contribution < -0.4 is 0 Å². The van der Waals surface area contributed by atoms with Crippen molar-refractivity contribution in [3.05, 3.63) is 54.4 Å². The van der Waals surface area contributed by atoms with Crippen LogP contribution in [-0.4, -0.2) is 0 Å². The van der Waals surface area contributed by atoms with E-state index in [-0.39, 0.29) is 0 Å². The van der Waals surface area contributed by atoms with Crippen LogP contribution in [-0.2, 0) is 0 Å². The third kappa shape index (κ3) is 1.27. The minimum atomic E-state index is 0.693. The van der Waals surface area contributed by atoms with Gasteiger partial charge in [-0.05, 0) is 35.4 Å². The first-order valence-corrected chi connectivity index (χ1v) is 4.06. The van der Waals surface area contributed by atoms with Crippen LogP contribution >= 0.6 is 0 Å². The highest BCUT2D eigenvalue weighted by atomic mass is 14.2. The number of hydrogen-bond acceptors (Lipinski definition) is 1. The summed E-state index contributed by atoms with van der Waals surface area (Å²) in [6, 6.07) is 13.7. The molecule has 0 aliphatic rings. The van der Waals surface area contributed by atoms with Crippen molar-refractivity contribution in [3.63, 3.8) is 0 Å². The molecule has 0 saturated heterocycles. The standard InChI is InChI=1S/C12H8N/c1-9-3-2-4-11-7-10(8-13)5-6-12(9)11/h2-7H,1H2. The number of benzene rings is 2. The maximum atomic E-state index is 8.70. The molecule has 2 aromatic rings. The van der Waals surface area contributed by atoms with Crippen molar-refractivity contribution >= 4 is 10.8 Å². The Morgan fingerprint density at radius 3 is 2.77 bits per heavy atom. The van der Waals surface area contributed by atoms with Crippen molar-refractivity contribution in [1.29, 1.82) is 5.26 Å². The molecule has 0 unspecified atom stereocenters. The number of rotatable bonds is 0. The van der Waals surface area contributed by atoms with Crippen molar-refractivity contribution in [2.24, 2.45) is 0 Å². The van der Waals surface area contributed by atoms with E-state index in [1.807, 2.05) is 36.4 Å². The van der Waals surface area contributed by atoms with Gasteiger partial charge in [-0.15, -0.1) is 0 Å². The Bertz CT molecular complexity index is 492. The summed E-state index contributed by atoms with van der Waals surface area (Å²) in [4.78, 5) is 0. The van der Waals surface area contributed by atoms with Crippen molar-refractivity contribution < 1.29 is 0 Å². The van der Waals surface area contributed by atoms with Gasteiger partial charge in [0.05, 0.1) is 11.6 Å². The second-order valence-corrected chi connectivity index (χ2v) is 2.96. The fourth-order valence-corrected chi connectivity index (χ4v) is 1.42. The van der Waals surface area contributed by atoms with Gasteiger partial charge in [0.15, 0.2) is 0 Å².